The van der Waals surface area contributed by atoms with Crippen molar-refractivity contribution in [2.24, 2.45) is 0 Å². The molecular formula is C14H12ClN3OS2. The fraction of sp³-hybridized carbons (Fsp3) is 0.214. The molecule has 0 atom stereocenters. The van der Waals surface area contributed by atoms with E-state index in [1.807, 2.05) is 18.4 Å². The Morgan fingerprint density at radius 1 is 1.57 bits per heavy atom. The quantitative estimate of drug-likeness (QED) is 0.900. The van der Waals surface area contributed by atoms with Gasteiger partial charge in [0, 0.05) is 16.8 Å². The second-order valence-corrected chi connectivity index (χ2v) is 6.66. The number of amides is 1. The van der Waals surface area contributed by atoms with Crippen LogP contribution in [-0.4, -0.2) is 16.6 Å². The largest absolute Gasteiger partial charge is 0.325 e. The van der Waals surface area contributed by atoms with Crippen molar-refractivity contribution in [1.29, 1.82) is 5.26 Å². The Kier molecular flexibility index (Phi) is 5.62. The minimum atomic E-state index is -0.104. The van der Waals surface area contributed by atoms with Gasteiger partial charge in [-0.15, -0.1) is 23.1 Å². The number of benzene rings is 1. The normalized spacial score (nSPS) is 10.1. The number of hydrogen-bond donors (Lipinski definition) is 1. The number of thioether (sulfide) groups is 1. The maximum Gasteiger partial charge on any atom is 0.234 e. The van der Waals surface area contributed by atoms with Gasteiger partial charge in [0.15, 0.2) is 0 Å². The molecule has 2 aromatic rings. The van der Waals surface area contributed by atoms with Gasteiger partial charge in [-0.3, -0.25) is 4.79 Å². The highest BCUT2D eigenvalue weighted by Crippen LogP contribution is 2.21. The van der Waals surface area contributed by atoms with E-state index in [1.54, 1.807) is 29.5 Å². The van der Waals surface area contributed by atoms with E-state index in [0.717, 1.165) is 10.7 Å². The van der Waals surface area contributed by atoms with Crippen LogP contribution in [0.1, 0.15) is 16.3 Å². The number of nitriles is 1. The second-order valence-electron chi connectivity index (χ2n) is 4.21. The van der Waals surface area contributed by atoms with Gasteiger partial charge in [-0.25, -0.2) is 4.98 Å². The van der Waals surface area contributed by atoms with Gasteiger partial charge in [0.05, 0.1) is 27.0 Å². The van der Waals surface area contributed by atoms with E-state index in [1.165, 1.54) is 11.8 Å². The Bertz CT molecular complexity index is 694. The second kappa shape index (κ2) is 7.46. The highest BCUT2D eigenvalue weighted by atomic mass is 35.5. The first-order valence-corrected chi connectivity index (χ1v) is 8.48. The highest BCUT2D eigenvalue weighted by Gasteiger charge is 2.06. The molecule has 0 bridgehead atoms. The number of nitrogens with zero attached hydrogens (tertiary/aromatic N) is 2. The Balaban J connectivity index is 1.82. The molecule has 0 unspecified atom stereocenters. The van der Waals surface area contributed by atoms with Crippen molar-refractivity contribution in [3.8, 4) is 6.07 Å². The number of thiazole rings is 1. The number of halogens is 1. The molecule has 21 heavy (non-hydrogen) atoms. The maximum atomic E-state index is 11.8. The summed E-state index contributed by atoms with van der Waals surface area (Å²) in [6.07, 6.45) is 0. The predicted molar refractivity (Wildman–Crippen MR) is 87.8 cm³/mol. The molecule has 0 radical (unpaired) electrons. The van der Waals surface area contributed by atoms with E-state index in [4.69, 9.17) is 16.9 Å². The average Bonchev–Trinajstić information content (AvgIpc) is 2.84. The van der Waals surface area contributed by atoms with Crippen LogP contribution in [0.25, 0.3) is 0 Å². The van der Waals surface area contributed by atoms with E-state index >= 15 is 0 Å². The minimum absolute atomic E-state index is 0.104. The third kappa shape index (κ3) is 4.74. The zero-order valence-electron chi connectivity index (χ0n) is 11.2. The molecule has 1 amide bonds. The lowest BCUT2D eigenvalue weighted by Gasteiger charge is -2.05. The molecular weight excluding hydrogens is 326 g/mol. The third-order valence-corrected chi connectivity index (χ3v) is 4.62. The van der Waals surface area contributed by atoms with Crippen molar-refractivity contribution >= 4 is 46.3 Å². The first-order valence-electron chi connectivity index (χ1n) is 6.06. The predicted octanol–water partition coefficient (Wildman–Crippen LogP) is 3.85. The van der Waals surface area contributed by atoms with Crippen LogP contribution in [0, 0.1) is 18.3 Å². The van der Waals surface area contributed by atoms with Crippen LogP contribution in [0.15, 0.2) is 23.6 Å². The number of aryl methyl sites for hydroxylation is 1. The standard InChI is InChI=1S/C14H12ClN3OS2/c1-9-17-12(7-21-9)6-20-8-14(19)18-11-3-2-10(5-16)13(15)4-11/h2-4,7H,6,8H2,1H3,(H,18,19). The number of aromatic nitrogens is 1. The Morgan fingerprint density at radius 2 is 2.38 bits per heavy atom. The Labute approximate surface area is 136 Å². The molecule has 108 valence electrons. The van der Waals surface area contributed by atoms with E-state index in [9.17, 15) is 4.79 Å². The lowest BCUT2D eigenvalue weighted by atomic mass is 10.2. The van der Waals surface area contributed by atoms with E-state index in [-0.39, 0.29) is 5.91 Å². The van der Waals surface area contributed by atoms with Gasteiger partial charge in [0.25, 0.3) is 0 Å². The number of carbonyl (C=O) groups is 1. The van der Waals surface area contributed by atoms with Crippen LogP contribution in [0.2, 0.25) is 5.02 Å². The smallest absolute Gasteiger partial charge is 0.234 e. The van der Waals surface area contributed by atoms with Gasteiger partial charge >= 0.3 is 0 Å². The molecule has 1 aromatic heterocycles. The topological polar surface area (TPSA) is 65.8 Å². The van der Waals surface area contributed by atoms with Crippen molar-refractivity contribution < 1.29 is 4.79 Å². The zero-order valence-corrected chi connectivity index (χ0v) is 13.6. The molecule has 0 aliphatic rings. The fourth-order valence-electron chi connectivity index (χ4n) is 1.60. The van der Waals surface area contributed by atoms with Gasteiger partial charge in [0.2, 0.25) is 5.91 Å². The molecule has 7 heteroatoms. The summed E-state index contributed by atoms with van der Waals surface area (Å²) in [5.74, 6) is 0.952. The molecule has 0 aliphatic carbocycles. The van der Waals surface area contributed by atoms with Crippen molar-refractivity contribution in [1.82, 2.24) is 4.98 Å². The Morgan fingerprint density at radius 3 is 3.00 bits per heavy atom. The monoisotopic (exact) mass is 337 g/mol. The summed E-state index contributed by atoms with van der Waals surface area (Å²) >= 11 is 9.02. The lowest BCUT2D eigenvalue weighted by Crippen LogP contribution is -2.14. The summed E-state index contributed by atoms with van der Waals surface area (Å²) in [4.78, 5) is 16.2. The summed E-state index contributed by atoms with van der Waals surface area (Å²) in [5.41, 5.74) is 1.98. The van der Waals surface area contributed by atoms with Crippen LogP contribution in [0.3, 0.4) is 0 Å². The highest BCUT2D eigenvalue weighted by molar-refractivity contribution is 7.99. The molecule has 0 saturated heterocycles. The summed E-state index contributed by atoms with van der Waals surface area (Å²) < 4.78 is 0. The molecule has 1 heterocycles. The molecule has 0 saturated carbocycles. The van der Waals surface area contributed by atoms with E-state index < -0.39 is 0 Å². The van der Waals surface area contributed by atoms with Crippen molar-refractivity contribution in [3.63, 3.8) is 0 Å². The number of anilines is 1. The SMILES string of the molecule is Cc1nc(CSCC(=O)Nc2ccc(C#N)c(Cl)c2)cs1. The van der Waals surface area contributed by atoms with Crippen LogP contribution in [0.4, 0.5) is 5.69 Å². The van der Waals surface area contributed by atoms with Gasteiger partial charge < -0.3 is 5.32 Å². The number of rotatable bonds is 5. The number of carbonyl (C=O) groups excluding carboxylic acids is 1. The molecule has 0 spiro atoms. The van der Waals surface area contributed by atoms with Crippen molar-refractivity contribution in [2.75, 3.05) is 11.1 Å². The molecule has 2 rings (SSSR count). The average molecular weight is 338 g/mol. The fourth-order valence-corrected chi connectivity index (χ4v) is 3.26. The summed E-state index contributed by atoms with van der Waals surface area (Å²) in [6.45, 7) is 1.96. The van der Waals surface area contributed by atoms with Crippen LogP contribution < -0.4 is 5.32 Å². The van der Waals surface area contributed by atoms with Crippen molar-refractivity contribution in [2.45, 2.75) is 12.7 Å². The Hall–Kier alpha value is -1.55. The van der Waals surface area contributed by atoms with Gasteiger partial charge in [-0.05, 0) is 25.1 Å². The summed E-state index contributed by atoms with van der Waals surface area (Å²) in [7, 11) is 0. The van der Waals surface area contributed by atoms with Crippen LogP contribution in [-0.2, 0) is 10.5 Å². The molecule has 1 aromatic carbocycles. The van der Waals surface area contributed by atoms with Gasteiger partial charge in [0.1, 0.15) is 6.07 Å². The number of hydrogen-bond acceptors (Lipinski definition) is 5. The summed E-state index contributed by atoms with van der Waals surface area (Å²) in [6, 6.07) is 6.80. The molecule has 1 N–H and O–H groups in total. The van der Waals surface area contributed by atoms with Gasteiger partial charge in [-0.1, -0.05) is 11.6 Å². The molecule has 4 nitrogen and oxygen atoms in total. The first-order chi connectivity index (χ1) is 10.1. The van der Waals surface area contributed by atoms with Crippen LogP contribution in [0.5, 0.6) is 0 Å². The lowest BCUT2D eigenvalue weighted by molar-refractivity contribution is -0.113. The van der Waals surface area contributed by atoms with Crippen LogP contribution >= 0.6 is 34.7 Å². The zero-order chi connectivity index (χ0) is 15.2. The van der Waals surface area contributed by atoms with Gasteiger partial charge in [-0.2, -0.15) is 5.26 Å². The third-order valence-electron chi connectivity index (χ3n) is 2.52. The van der Waals surface area contributed by atoms with Crippen molar-refractivity contribution in [3.05, 3.63) is 44.9 Å². The summed E-state index contributed by atoms with van der Waals surface area (Å²) in [5, 5.41) is 14.9. The maximum absolute atomic E-state index is 11.8. The minimum Gasteiger partial charge on any atom is -0.325 e. The van der Waals surface area contributed by atoms with E-state index in [2.05, 4.69) is 10.3 Å². The number of nitrogens with one attached hydrogen (secondary N) is 1. The first kappa shape index (κ1) is 15.8. The van der Waals surface area contributed by atoms with E-state index in [0.29, 0.717) is 27.8 Å². The molecule has 0 fully saturated rings. The molecule has 0 aliphatic heterocycles.